The van der Waals surface area contributed by atoms with Crippen molar-refractivity contribution in [2.75, 3.05) is 4.72 Å². The second-order valence-corrected chi connectivity index (χ2v) is 5.79. The van der Waals surface area contributed by atoms with E-state index < -0.39 is 15.9 Å². The zero-order chi connectivity index (χ0) is 14.8. The number of aromatic nitrogens is 2. The van der Waals surface area contributed by atoms with Gasteiger partial charge >= 0.3 is 0 Å². The van der Waals surface area contributed by atoms with Crippen LogP contribution in [0.1, 0.15) is 10.4 Å². The van der Waals surface area contributed by atoms with E-state index in [1.807, 2.05) is 0 Å². The number of anilines is 1. The molecular formula is C11H9ClN4O3S. The molecule has 7 nitrogen and oxygen atoms in total. The Morgan fingerprint density at radius 3 is 2.40 bits per heavy atom. The highest BCUT2D eigenvalue weighted by Crippen LogP contribution is 2.16. The number of primary amides is 1. The van der Waals surface area contributed by atoms with Gasteiger partial charge in [0.05, 0.1) is 4.90 Å². The maximum atomic E-state index is 12.1. The van der Waals surface area contributed by atoms with Gasteiger partial charge in [-0.05, 0) is 24.3 Å². The average Bonchev–Trinajstić information content (AvgIpc) is 2.38. The van der Waals surface area contributed by atoms with Crippen LogP contribution in [0.4, 0.5) is 5.82 Å². The Hall–Kier alpha value is -2.19. The molecule has 0 fully saturated rings. The predicted molar refractivity (Wildman–Crippen MR) is 72.8 cm³/mol. The van der Waals surface area contributed by atoms with Gasteiger partial charge in [0.2, 0.25) is 5.91 Å². The summed E-state index contributed by atoms with van der Waals surface area (Å²) in [5, 5.41) is 0.113. The maximum absolute atomic E-state index is 12.1. The van der Waals surface area contributed by atoms with E-state index in [1.54, 1.807) is 0 Å². The molecule has 1 heterocycles. The number of halogens is 1. The number of carbonyl (C=O) groups is 1. The summed E-state index contributed by atoms with van der Waals surface area (Å²) in [5.41, 5.74) is 5.29. The number of benzene rings is 1. The summed E-state index contributed by atoms with van der Waals surface area (Å²) in [6.45, 7) is 0. The summed E-state index contributed by atoms with van der Waals surface area (Å²) in [6, 6.07) is 6.46. The van der Waals surface area contributed by atoms with Crippen LogP contribution >= 0.6 is 11.6 Å². The quantitative estimate of drug-likeness (QED) is 0.818. The molecule has 2 rings (SSSR count). The van der Waals surface area contributed by atoms with Crippen molar-refractivity contribution in [1.82, 2.24) is 9.97 Å². The molecule has 20 heavy (non-hydrogen) atoms. The fourth-order valence-corrected chi connectivity index (χ4v) is 2.53. The minimum absolute atomic E-state index is 0.0303. The smallest absolute Gasteiger partial charge is 0.263 e. The number of rotatable bonds is 4. The number of nitrogens with two attached hydrogens (primary N) is 1. The standard InChI is InChI=1S/C11H9ClN4O3S/c12-9-5-10(15-6-14-9)16-20(18,19)8-3-1-7(2-4-8)11(13)17/h1-6H,(H2,13,17)(H,14,15,16). The topological polar surface area (TPSA) is 115 Å². The highest BCUT2D eigenvalue weighted by Gasteiger charge is 2.15. The van der Waals surface area contributed by atoms with Gasteiger partial charge in [0.15, 0.2) is 0 Å². The normalized spacial score (nSPS) is 11.1. The van der Waals surface area contributed by atoms with Crippen LogP contribution in [0.3, 0.4) is 0 Å². The first-order valence-corrected chi connectivity index (χ1v) is 7.15. The second kappa shape index (κ2) is 5.43. The Labute approximate surface area is 119 Å². The summed E-state index contributed by atoms with van der Waals surface area (Å²) in [5.74, 6) is -0.589. The Morgan fingerprint density at radius 2 is 1.85 bits per heavy atom. The first-order chi connectivity index (χ1) is 9.38. The predicted octanol–water partition coefficient (Wildman–Crippen LogP) is 1.03. The van der Waals surface area contributed by atoms with E-state index in [9.17, 15) is 13.2 Å². The molecule has 0 atom stereocenters. The zero-order valence-corrected chi connectivity index (χ0v) is 11.5. The summed E-state index contributed by atoms with van der Waals surface area (Å²) in [6.07, 6.45) is 1.14. The fraction of sp³-hybridized carbons (Fsp3) is 0. The van der Waals surface area contributed by atoms with Gasteiger partial charge in [-0.2, -0.15) is 0 Å². The van der Waals surface area contributed by atoms with Crippen molar-refractivity contribution in [3.63, 3.8) is 0 Å². The van der Waals surface area contributed by atoms with E-state index in [4.69, 9.17) is 17.3 Å². The molecule has 2 aromatic rings. The first-order valence-electron chi connectivity index (χ1n) is 5.29. The zero-order valence-electron chi connectivity index (χ0n) is 9.95. The van der Waals surface area contributed by atoms with E-state index >= 15 is 0 Å². The van der Waals surface area contributed by atoms with Crippen molar-refractivity contribution in [2.24, 2.45) is 5.73 Å². The molecular weight excluding hydrogens is 304 g/mol. The first kappa shape index (κ1) is 14.2. The Kier molecular flexibility index (Phi) is 3.86. The van der Waals surface area contributed by atoms with Gasteiger partial charge in [-0.1, -0.05) is 11.6 Å². The molecule has 1 aromatic heterocycles. The minimum Gasteiger partial charge on any atom is -0.366 e. The van der Waals surface area contributed by atoms with E-state index in [0.717, 1.165) is 6.33 Å². The lowest BCUT2D eigenvalue weighted by molar-refractivity contribution is 0.1000. The van der Waals surface area contributed by atoms with Gasteiger partial charge in [-0.3, -0.25) is 9.52 Å². The van der Waals surface area contributed by atoms with Crippen LogP contribution < -0.4 is 10.5 Å². The van der Waals surface area contributed by atoms with Gasteiger partial charge in [-0.25, -0.2) is 18.4 Å². The molecule has 0 aliphatic carbocycles. The lowest BCUT2D eigenvalue weighted by atomic mass is 10.2. The molecule has 1 amide bonds. The molecule has 3 N–H and O–H groups in total. The third-order valence-electron chi connectivity index (χ3n) is 2.32. The van der Waals surface area contributed by atoms with Crippen LogP contribution in [0.2, 0.25) is 5.15 Å². The molecule has 0 saturated heterocycles. The molecule has 1 aromatic carbocycles. The number of carbonyl (C=O) groups excluding carboxylic acids is 1. The van der Waals surface area contributed by atoms with E-state index in [0.29, 0.717) is 0 Å². The second-order valence-electron chi connectivity index (χ2n) is 3.72. The third-order valence-corrected chi connectivity index (χ3v) is 3.90. The number of hydrogen-bond acceptors (Lipinski definition) is 5. The molecule has 0 aliphatic rings. The van der Waals surface area contributed by atoms with Crippen LogP contribution in [-0.2, 0) is 10.0 Å². The molecule has 0 radical (unpaired) electrons. The molecule has 0 aliphatic heterocycles. The van der Waals surface area contributed by atoms with Crippen LogP contribution in [0.25, 0.3) is 0 Å². The summed E-state index contributed by atoms with van der Waals surface area (Å²) >= 11 is 5.64. The highest BCUT2D eigenvalue weighted by molar-refractivity contribution is 7.92. The minimum atomic E-state index is -3.82. The van der Waals surface area contributed by atoms with Crippen molar-refractivity contribution < 1.29 is 13.2 Å². The number of hydrogen-bond donors (Lipinski definition) is 2. The number of sulfonamides is 1. The summed E-state index contributed by atoms with van der Waals surface area (Å²) in [4.78, 5) is 18.3. The molecule has 0 unspecified atom stereocenters. The van der Waals surface area contributed by atoms with Crippen LogP contribution in [0.15, 0.2) is 41.6 Å². The molecule has 104 valence electrons. The summed E-state index contributed by atoms with van der Waals surface area (Å²) < 4.78 is 26.4. The van der Waals surface area contributed by atoms with Crippen LogP contribution in [-0.4, -0.2) is 24.3 Å². The van der Waals surface area contributed by atoms with Gasteiger partial charge in [0.25, 0.3) is 10.0 Å². The molecule has 0 saturated carbocycles. The Morgan fingerprint density at radius 1 is 1.20 bits per heavy atom. The van der Waals surface area contributed by atoms with Crippen molar-refractivity contribution >= 4 is 33.3 Å². The van der Waals surface area contributed by atoms with E-state index in [-0.39, 0.29) is 21.4 Å². The van der Waals surface area contributed by atoms with Gasteiger partial charge in [-0.15, -0.1) is 0 Å². The monoisotopic (exact) mass is 312 g/mol. The van der Waals surface area contributed by atoms with Crippen molar-refractivity contribution in [1.29, 1.82) is 0 Å². The van der Waals surface area contributed by atoms with Gasteiger partial charge in [0.1, 0.15) is 17.3 Å². The number of amides is 1. The fourth-order valence-electron chi connectivity index (χ4n) is 1.38. The van der Waals surface area contributed by atoms with E-state index in [2.05, 4.69) is 14.7 Å². The SMILES string of the molecule is NC(=O)c1ccc(S(=O)(=O)Nc2cc(Cl)ncn2)cc1. The Bertz CT molecular complexity index is 747. The van der Waals surface area contributed by atoms with Crippen LogP contribution in [0, 0.1) is 0 Å². The average molecular weight is 313 g/mol. The number of nitrogens with one attached hydrogen (secondary N) is 1. The number of nitrogens with zero attached hydrogens (tertiary/aromatic N) is 2. The largest absolute Gasteiger partial charge is 0.366 e. The molecule has 9 heteroatoms. The maximum Gasteiger partial charge on any atom is 0.263 e. The molecule has 0 bridgehead atoms. The van der Waals surface area contributed by atoms with Crippen LogP contribution in [0.5, 0.6) is 0 Å². The third kappa shape index (κ3) is 3.22. The van der Waals surface area contributed by atoms with E-state index in [1.165, 1.54) is 30.3 Å². The van der Waals surface area contributed by atoms with Crippen molar-refractivity contribution in [2.45, 2.75) is 4.90 Å². The highest BCUT2D eigenvalue weighted by atomic mass is 35.5. The molecule has 0 spiro atoms. The lowest BCUT2D eigenvalue weighted by Crippen LogP contribution is -2.15. The van der Waals surface area contributed by atoms with Crippen molar-refractivity contribution in [3.8, 4) is 0 Å². The Balaban J connectivity index is 2.28. The van der Waals surface area contributed by atoms with Gasteiger partial charge in [0, 0.05) is 11.6 Å². The lowest BCUT2D eigenvalue weighted by Gasteiger charge is -2.07. The summed E-state index contributed by atoms with van der Waals surface area (Å²) in [7, 11) is -3.82. The van der Waals surface area contributed by atoms with Gasteiger partial charge < -0.3 is 5.73 Å². The van der Waals surface area contributed by atoms with Crippen molar-refractivity contribution in [3.05, 3.63) is 47.4 Å².